The summed E-state index contributed by atoms with van der Waals surface area (Å²) in [5.41, 5.74) is 0.886. The minimum Gasteiger partial charge on any atom is -0.491 e. The number of piperidine rings is 1. The van der Waals surface area contributed by atoms with Crippen molar-refractivity contribution >= 4 is 57.3 Å². The molecule has 1 aliphatic heterocycles. The average Bonchev–Trinajstić information content (AvgIpc) is 2.55. The number of ether oxygens (including phenoxy) is 1. The van der Waals surface area contributed by atoms with Gasteiger partial charge in [0.2, 0.25) is 3.79 Å². The summed E-state index contributed by atoms with van der Waals surface area (Å²) in [6.45, 7) is 3.72. The summed E-state index contributed by atoms with van der Waals surface area (Å²) in [6, 6.07) is 7.21. The van der Waals surface area contributed by atoms with Crippen molar-refractivity contribution < 1.29 is 4.74 Å². The Morgan fingerprint density at radius 3 is 2.58 bits per heavy atom. The molecule has 0 bridgehead atoms. The maximum absolute atomic E-state index is 6.25. The number of aromatic nitrogens is 1. The van der Waals surface area contributed by atoms with Crippen molar-refractivity contribution in [3.8, 4) is 5.75 Å². The van der Waals surface area contributed by atoms with Gasteiger partial charge in [-0.05, 0) is 38.1 Å². The van der Waals surface area contributed by atoms with Gasteiger partial charge in [0, 0.05) is 18.0 Å². The second-order valence-electron chi connectivity index (χ2n) is 5.89. The molecule has 1 aromatic heterocycles. The molecule has 0 N–H and O–H groups in total. The fourth-order valence-electron chi connectivity index (χ4n) is 2.91. The Morgan fingerprint density at radius 2 is 1.88 bits per heavy atom. The highest BCUT2D eigenvalue weighted by Gasteiger charge is 2.27. The van der Waals surface area contributed by atoms with E-state index in [0.717, 1.165) is 25.0 Å². The topological polar surface area (TPSA) is 25.4 Å². The molecule has 0 atom stereocenters. The second kappa shape index (κ2) is 7.84. The van der Waals surface area contributed by atoms with Crippen LogP contribution >= 0.6 is 46.4 Å². The number of benzene rings is 1. The van der Waals surface area contributed by atoms with Gasteiger partial charge in [-0.1, -0.05) is 58.9 Å². The van der Waals surface area contributed by atoms with Crippen LogP contribution in [-0.2, 0) is 3.79 Å². The Bertz CT molecular complexity index is 712. The quantitative estimate of drug-likeness (QED) is 0.618. The van der Waals surface area contributed by atoms with E-state index in [2.05, 4.69) is 9.88 Å². The fraction of sp³-hybridized carbons (Fsp3) is 0.471. The third kappa shape index (κ3) is 4.39. The fourth-order valence-corrected chi connectivity index (χ4v) is 3.42. The highest BCUT2D eigenvalue weighted by Crippen LogP contribution is 2.41. The van der Waals surface area contributed by atoms with Crippen molar-refractivity contribution in [3.05, 3.63) is 35.0 Å². The van der Waals surface area contributed by atoms with Gasteiger partial charge in [-0.15, -0.1) is 0 Å². The molecule has 1 aliphatic rings. The summed E-state index contributed by atoms with van der Waals surface area (Å²) in [7, 11) is 0. The van der Waals surface area contributed by atoms with Crippen LogP contribution in [0.3, 0.4) is 0 Å². The van der Waals surface area contributed by atoms with Crippen LogP contribution in [0.4, 0.5) is 0 Å². The molecular weight excluding hydrogens is 390 g/mol. The highest BCUT2D eigenvalue weighted by molar-refractivity contribution is 6.66. The van der Waals surface area contributed by atoms with E-state index in [0.29, 0.717) is 28.6 Å². The van der Waals surface area contributed by atoms with Crippen LogP contribution < -0.4 is 4.74 Å². The van der Waals surface area contributed by atoms with Crippen LogP contribution in [-0.4, -0.2) is 36.1 Å². The molecular formula is C17H18Cl4N2O. The van der Waals surface area contributed by atoms with E-state index in [1.54, 1.807) is 12.1 Å². The summed E-state index contributed by atoms with van der Waals surface area (Å²) in [5.74, 6) is 0.640. The molecule has 0 unspecified atom stereocenters. The Hall–Kier alpha value is -0.450. The number of halogens is 4. The van der Waals surface area contributed by atoms with Gasteiger partial charge in [-0.2, -0.15) is 0 Å². The first-order valence-corrected chi connectivity index (χ1v) is 9.48. The third-order valence-corrected chi connectivity index (χ3v) is 5.04. The van der Waals surface area contributed by atoms with Crippen molar-refractivity contribution in [3.63, 3.8) is 0 Å². The summed E-state index contributed by atoms with van der Waals surface area (Å²) in [4.78, 5) is 6.80. The number of alkyl halides is 3. The highest BCUT2D eigenvalue weighted by atomic mass is 35.6. The number of para-hydroxylation sites is 1. The first kappa shape index (κ1) is 18.3. The van der Waals surface area contributed by atoms with E-state index in [-0.39, 0.29) is 0 Å². The minimum absolute atomic E-state index is 0.307. The van der Waals surface area contributed by atoms with Crippen LogP contribution in [0.1, 0.15) is 25.0 Å². The van der Waals surface area contributed by atoms with Gasteiger partial charge in [0.1, 0.15) is 12.4 Å². The predicted molar refractivity (Wildman–Crippen MR) is 102 cm³/mol. The summed E-state index contributed by atoms with van der Waals surface area (Å²) < 4.78 is 4.37. The average molecular weight is 408 g/mol. The van der Waals surface area contributed by atoms with E-state index in [9.17, 15) is 0 Å². The molecule has 1 fully saturated rings. The van der Waals surface area contributed by atoms with Gasteiger partial charge < -0.3 is 4.74 Å². The number of hydrogen-bond acceptors (Lipinski definition) is 3. The zero-order chi connectivity index (χ0) is 17.2. The molecule has 3 rings (SSSR count). The van der Waals surface area contributed by atoms with Gasteiger partial charge in [0.25, 0.3) is 0 Å². The second-order valence-corrected chi connectivity index (χ2v) is 8.58. The SMILES string of the molecule is Clc1cccc2c(OCCN3CCCCC3)cc(C(Cl)(Cl)Cl)nc12. The van der Waals surface area contributed by atoms with Gasteiger partial charge in [0.05, 0.1) is 16.2 Å². The molecule has 0 aliphatic carbocycles. The van der Waals surface area contributed by atoms with Crippen LogP contribution in [0.5, 0.6) is 5.75 Å². The largest absolute Gasteiger partial charge is 0.491 e. The maximum Gasteiger partial charge on any atom is 0.232 e. The van der Waals surface area contributed by atoms with Crippen molar-refractivity contribution in [2.75, 3.05) is 26.2 Å². The molecule has 7 heteroatoms. The monoisotopic (exact) mass is 406 g/mol. The lowest BCUT2D eigenvalue weighted by Crippen LogP contribution is -2.33. The first-order chi connectivity index (χ1) is 11.4. The molecule has 130 valence electrons. The zero-order valence-electron chi connectivity index (χ0n) is 13.1. The smallest absolute Gasteiger partial charge is 0.232 e. The van der Waals surface area contributed by atoms with E-state index >= 15 is 0 Å². The lowest BCUT2D eigenvalue weighted by Gasteiger charge is -2.26. The van der Waals surface area contributed by atoms with Crippen molar-refractivity contribution in [2.24, 2.45) is 0 Å². The predicted octanol–water partition coefficient (Wildman–Crippen LogP) is 5.58. The van der Waals surface area contributed by atoms with Crippen molar-refractivity contribution in [2.45, 2.75) is 23.1 Å². The lowest BCUT2D eigenvalue weighted by molar-refractivity contribution is 0.184. The van der Waals surface area contributed by atoms with Gasteiger partial charge in [-0.25, -0.2) is 4.98 Å². The molecule has 3 nitrogen and oxygen atoms in total. The third-order valence-electron chi connectivity index (χ3n) is 4.16. The Balaban J connectivity index is 1.83. The molecule has 0 radical (unpaired) electrons. The number of hydrogen-bond donors (Lipinski definition) is 0. The van der Waals surface area contributed by atoms with Crippen LogP contribution in [0.25, 0.3) is 10.9 Å². The number of fused-ring (bicyclic) bond motifs is 1. The summed E-state index contributed by atoms with van der Waals surface area (Å²) in [5, 5.41) is 1.32. The molecule has 0 amide bonds. The maximum atomic E-state index is 6.25. The van der Waals surface area contributed by atoms with Crippen LogP contribution in [0.2, 0.25) is 5.02 Å². The van der Waals surface area contributed by atoms with Gasteiger partial charge in [0.15, 0.2) is 0 Å². The Labute approximate surface area is 161 Å². The van der Waals surface area contributed by atoms with Crippen LogP contribution in [0.15, 0.2) is 24.3 Å². The van der Waals surface area contributed by atoms with E-state index < -0.39 is 3.79 Å². The zero-order valence-corrected chi connectivity index (χ0v) is 16.1. The van der Waals surface area contributed by atoms with E-state index in [4.69, 9.17) is 51.1 Å². The minimum atomic E-state index is -1.63. The molecule has 0 spiro atoms. The lowest BCUT2D eigenvalue weighted by atomic mass is 10.1. The standard InChI is InChI=1S/C17H18Cl4N2O/c18-13-6-4-5-12-14(11-15(17(19,20)21)22-16(12)13)24-10-9-23-7-2-1-3-8-23/h4-6,11H,1-3,7-10H2. The van der Waals surface area contributed by atoms with Crippen molar-refractivity contribution in [1.29, 1.82) is 0 Å². The number of pyridine rings is 1. The number of likely N-dealkylation sites (tertiary alicyclic amines) is 1. The number of rotatable bonds is 4. The first-order valence-electron chi connectivity index (χ1n) is 7.97. The normalized spacial score (nSPS) is 16.5. The molecule has 1 saturated heterocycles. The summed E-state index contributed by atoms with van der Waals surface area (Å²) in [6.07, 6.45) is 3.83. The van der Waals surface area contributed by atoms with E-state index in [1.807, 2.05) is 12.1 Å². The number of nitrogens with zero attached hydrogens (tertiary/aromatic N) is 2. The van der Waals surface area contributed by atoms with Gasteiger partial charge >= 0.3 is 0 Å². The Kier molecular flexibility index (Phi) is 5.99. The summed E-state index contributed by atoms with van der Waals surface area (Å²) >= 11 is 24.3. The van der Waals surface area contributed by atoms with Crippen molar-refractivity contribution in [1.82, 2.24) is 9.88 Å². The molecule has 24 heavy (non-hydrogen) atoms. The molecule has 1 aromatic carbocycles. The Morgan fingerprint density at radius 1 is 1.12 bits per heavy atom. The molecule has 0 saturated carbocycles. The molecule has 2 aromatic rings. The van der Waals surface area contributed by atoms with Crippen LogP contribution in [0, 0.1) is 0 Å². The molecule has 2 heterocycles. The van der Waals surface area contributed by atoms with Gasteiger partial charge in [-0.3, -0.25) is 4.90 Å². The van der Waals surface area contributed by atoms with E-state index in [1.165, 1.54) is 19.3 Å².